The Labute approximate surface area is 168 Å². The lowest BCUT2D eigenvalue weighted by atomic mass is 9.95. The molecule has 0 radical (unpaired) electrons. The number of hydrogen-bond donors (Lipinski definition) is 1. The third-order valence-electron chi connectivity index (χ3n) is 4.82. The molecule has 156 valence electrons. The van der Waals surface area contributed by atoms with Gasteiger partial charge in [0.1, 0.15) is 11.5 Å². The van der Waals surface area contributed by atoms with Gasteiger partial charge in [0.15, 0.2) is 5.82 Å². The molecular formula is C20H17F3N4O3. The van der Waals surface area contributed by atoms with Crippen molar-refractivity contribution in [1.82, 2.24) is 20.1 Å². The van der Waals surface area contributed by atoms with Gasteiger partial charge in [-0.15, -0.1) is 0 Å². The van der Waals surface area contributed by atoms with Crippen LogP contribution in [0.15, 0.2) is 39.3 Å². The van der Waals surface area contributed by atoms with Crippen molar-refractivity contribution in [2.24, 2.45) is 0 Å². The third-order valence-corrected chi connectivity index (χ3v) is 4.82. The highest BCUT2D eigenvalue weighted by atomic mass is 19.4. The maximum Gasteiger partial charge on any atom is 0.425 e. The standard InChI is InChI=1S/C20H17F3N4O3/c1-10-4-7-16(29-10)19(28,20(21,22)23)9-17-26-18(30-27-17)13-5-6-14-15(8-13)25-12(3)11(2)24-14/h4-8,28H,9H2,1-3H3. The number of aryl methyl sites for hydroxylation is 3. The molecule has 1 aromatic carbocycles. The Morgan fingerprint density at radius 1 is 0.933 bits per heavy atom. The number of fused-ring (bicyclic) bond motifs is 1. The Kier molecular flexibility index (Phi) is 4.61. The van der Waals surface area contributed by atoms with Gasteiger partial charge in [-0.2, -0.15) is 18.2 Å². The smallest absolute Gasteiger partial charge is 0.425 e. The van der Waals surface area contributed by atoms with Crippen molar-refractivity contribution in [2.75, 3.05) is 0 Å². The molecule has 0 fully saturated rings. The SMILES string of the molecule is Cc1ccc(C(O)(Cc2noc(-c3ccc4nc(C)c(C)nc4c3)n2)C(F)(F)F)o1. The molecule has 0 saturated carbocycles. The van der Waals surface area contributed by atoms with Crippen LogP contribution in [-0.4, -0.2) is 31.4 Å². The van der Waals surface area contributed by atoms with Crippen LogP contribution in [0.5, 0.6) is 0 Å². The quantitative estimate of drug-likeness (QED) is 0.531. The Hall–Kier alpha value is -3.27. The van der Waals surface area contributed by atoms with E-state index in [1.165, 1.54) is 13.0 Å². The number of rotatable bonds is 4. The second-order valence-electron chi connectivity index (χ2n) is 7.06. The van der Waals surface area contributed by atoms with E-state index in [0.717, 1.165) is 17.5 Å². The van der Waals surface area contributed by atoms with Gasteiger partial charge in [0.2, 0.25) is 5.60 Å². The van der Waals surface area contributed by atoms with E-state index in [0.29, 0.717) is 16.6 Å². The Morgan fingerprint density at radius 3 is 2.27 bits per heavy atom. The zero-order chi connectivity index (χ0) is 21.7. The highest BCUT2D eigenvalue weighted by Crippen LogP contribution is 2.42. The lowest BCUT2D eigenvalue weighted by molar-refractivity contribution is -0.273. The summed E-state index contributed by atoms with van der Waals surface area (Å²) in [6, 6.07) is 7.46. The van der Waals surface area contributed by atoms with E-state index in [2.05, 4.69) is 20.1 Å². The van der Waals surface area contributed by atoms with Crippen molar-refractivity contribution in [2.45, 2.75) is 39.0 Å². The van der Waals surface area contributed by atoms with E-state index in [1.807, 2.05) is 13.8 Å². The molecule has 0 spiro atoms. The number of benzene rings is 1. The zero-order valence-corrected chi connectivity index (χ0v) is 16.3. The number of halogens is 3. The average molecular weight is 418 g/mol. The number of furan rings is 1. The van der Waals surface area contributed by atoms with Gasteiger partial charge < -0.3 is 14.0 Å². The first-order valence-corrected chi connectivity index (χ1v) is 9.01. The van der Waals surface area contributed by atoms with Crippen molar-refractivity contribution >= 4 is 11.0 Å². The summed E-state index contributed by atoms with van der Waals surface area (Å²) < 4.78 is 51.1. The van der Waals surface area contributed by atoms with Crippen molar-refractivity contribution in [1.29, 1.82) is 0 Å². The minimum absolute atomic E-state index is 0.00655. The summed E-state index contributed by atoms with van der Waals surface area (Å²) in [5.41, 5.74) is 0.00808. The summed E-state index contributed by atoms with van der Waals surface area (Å²) >= 11 is 0. The van der Waals surface area contributed by atoms with Crippen molar-refractivity contribution in [3.63, 3.8) is 0 Å². The van der Waals surface area contributed by atoms with Crippen LogP contribution in [0.4, 0.5) is 13.2 Å². The van der Waals surface area contributed by atoms with Crippen LogP contribution < -0.4 is 0 Å². The predicted octanol–water partition coefficient (Wildman–Crippen LogP) is 4.19. The van der Waals surface area contributed by atoms with Gasteiger partial charge in [0, 0.05) is 5.56 Å². The number of nitrogens with zero attached hydrogens (tertiary/aromatic N) is 4. The van der Waals surface area contributed by atoms with E-state index in [9.17, 15) is 18.3 Å². The zero-order valence-electron chi connectivity index (χ0n) is 16.3. The van der Waals surface area contributed by atoms with Crippen LogP contribution in [-0.2, 0) is 12.0 Å². The molecule has 1 unspecified atom stereocenters. The monoisotopic (exact) mass is 418 g/mol. The average Bonchev–Trinajstić information content (AvgIpc) is 3.30. The van der Waals surface area contributed by atoms with Crippen molar-refractivity contribution in [3.05, 3.63) is 59.1 Å². The van der Waals surface area contributed by atoms with Gasteiger partial charge in [-0.05, 0) is 51.1 Å². The second-order valence-corrected chi connectivity index (χ2v) is 7.06. The second kappa shape index (κ2) is 6.91. The molecule has 7 nitrogen and oxygen atoms in total. The van der Waals surface area contributed by atoms with E-state index >= 15 is 0 Å². The topological polar surface area (TPSA) is 98.1 Å². The fourth-order valence-electron chi connectivity index (χ4n) is 3.02. The van der Waals surface area contributed by atoms with E-state index < -0.39 is 24.0 Å². The van der Waals surface area contributed by atoms with Gasteiger partial charge in [-0.25, -0.2) is 9.97 Å². The lowest BCUT2D eigenvalue weighted by Gasteiger charge is -2.27. The maximum absolute atomic E-state index is 13.6. The first kappa shape index (κ1) is 20.0. The van der Waals surface area contributed by atoms with E-state index in [4.69, 9.17) is 8.94 Å². The first-order chi connectivity index (χ1) is 14.1. The van der Waals surface area contributed by atoms with Crippen LogP contribution in [0.1, 0.15) is 28.7 Å². The summed E-state index contributed by atoms with van der Waals surface area (Å²) in [5, 5.41) is 14.0. The van der Waals surface area contributed by atoms with Gasteiger partial charge in [-0.3, -0.25) is 0 Å². The summed E-state index contributed by atoms with van der Waals surface area (Å²) in [7, 11) is 0. The molecular weight excluding hydrogens is 401 g/mol. The molecule has 0 aliphatic heterocycles. The van der Waals surface area contributed by atoms with Crippen molar-refractivity contribution in [3.8, 4) is 11.5 Å². The molecule has 30 heavy (non-hydrogen) atoms. The van der Waals surface area contributed by atoms with E-state index in [1.54, 1.807) is 18.2 Å². The number of alkyl halides is 3. The molecule has 0 bridgehead atoms. The largest absolute Gasteiger partial charge is 0.463 e. The van der Waals surface area contributed by atoms with Gasteiger partial charge in [-0.1, -0.05) is 5.16 Å². The third kappa shape index (κ3) is 3.43. The van der Waals surface area contributed by atoms with Crippen LogP contribution in [0.2, 0.25) is 0 Å². The number of aromatic nitrogens is 4. The fourth-order valence-corrected chi connectivity index (χ4v) is 3.02. The number of aliphatic hydroxyl groups is 1. The van der Waals surface area contributed by atoms with Crippen molar-refractivity contribution < 1.29 is 27.2 Å². The Balaban J connectivity index is 1.68. The lowest BCUT2D eigenvalue weighted by Crippen LogP contribution is -2.44. The van der Waals surface area contributed by atoms with Gasteiger partial charge >= 0.3 is 6.18 Å². The van der Waals surface area contributed by atoms with Crippen LogP contribution >= 0.6 is 0 Å². The maximum atomic E-state index is 13.6. The minimum Gasteiger partial charge on any atom is -0.463 e. The van der Waals surface area contributed by atoms with Crippen LogP contribution in [0.25, 0.3) is 22.5 Å². The Morgan fingerprint density at radius 2 is 1.63 bits per heavy atom. The molecule has 1 atom stereocenters. The predicted molar refractivity (Wildman–Crippen MR) is 99.4 cm³/mol. The summed E-state index contributed by atoms with van der Waals surface area (Å²) in [5.74, 6) is -0.702. The summed E-state index contributed by atoms with van der Waals surface area (Å²) in [6.07, 6.45) is -5.97. The van der Waals surface area contributed by atoms with Crippen LogP contribution in [0, 0.1) is 20.8 Å². The molecule has 4 aromatic rings. The normalized spacial score (nSPS) is 14.2. The first-order valence-electron chi connectivity index (χ1n) is 9.01. The minimum atomic E-state index is -5.01. The fraction of sp³-hybridized carbons (Fsp3) is 0.300. The highest BCUT2D eigenvalue weighted by molar-refractivity contribution is 5.79. The van der Waals surface area contributed by atoms with E-state index in [-0.39, 0.29) is 17.5 Å². The summed E-state index contributed by atoms with van der Waals surface area (Å²) in [4.78, 5) is 12.9. The van der Waals surface area contributed by atoms with Gasteiger partial charge in [0.05, 0.1) is 28.8 Å². The van der Waals surface area contributed by atoms with Gasteiger partial charge in [0.25, 0.3) is 5.89 Å². The molecule has 0 aliphatic carbocycles. The van der Waals surface area contributed by atoms with Crippen LogP contribution in [0.3, 0.4) is 0 Å². The molecule has 10 heteroatoms. The molecule has 0 saturated heterocycles. The molecule has 4 rings (SSSR count). The Bertz CT molecular complexity index is 1230. The highest BCUT2D eigenvalue weighted by Gasteiger charge is 2.58. The molecule has 3 aromatic heterocycles. The molecule has 0 amide bonds. The summed E-state index contributed by atoms with van der Waals surface area (Å²) in [6.45, 7) is 5.16. The molecule has 0 aliphatic rings. The molecule has 1 N–H and O–H groups in total. The molecule has 3 heterocycles. The number of hydrogen-bond acceptors (Lipinski definition) is 7.